The summed E-state index contributed by atoms with van der Waals surface area (Å²) in [5.74, 6) is 0. The van der Waals surface area contributed by atoms with Gasteiger partial charge in [0.1, 0.15) is 6.10 Å². The van der Waals surface area contributed by atoms with Crippen LogP contribution in [0, 0.1) is 0 Å². The second-order valence-corrected chi connectivity index (χ2v) is 3.12. The van der Waals surface area contributed by atoms with E-state index in [0.29, 0.717) is 0 Å². The number of hydrogen-bond acceptors (Lipinski definition) is 3. The first-order chi connectivity index (χ1) is 5.11. The molecule has 2 atom stereocenters. The minimum Gasteiger partial charge on any atom is -0.394 e. The lowest BCUT2D eigenvalue weighted by Gasteiger charge is -2.13. The summed E-state index contributed by atoms with van der Waals surface area (Å²) < 4.78 is 5.07. The highest BCUT2D eigenvalue weighted by molar-refractivity contribution is 5.01. The third-order valence-corrected chi connectivity index (χ3v) is 1.76. The van der Waals surface area contributed by atoms with Crippen molar-refractivity contribution < 1.29 is 9.84 Å². The van der Waals surface area contributed by atoms with Crippen LogP contribution in [0.15, 0.2) is 5.11 Å². The van der Waals surface area contributed by atoms with E-state index in [-0.39, 0.29) is 18.8 Å². The van der Waals surface area contributed by atoms with Gasteiger partial charge >= 0.3 is 0 Å². The first-order valence-corrected chi connectivity index (χ1v) is 3.44. The number of epoxide rings is 1. The SMILES string of the molecule is CC(C)(N=[N+]=[N-])[C@@H]1O[C@H]1CO. The molecule has 11 heavy (non-hydrogen) atoms. The first kappa shape index (κ1) is 8.33. The molecule has 1 rings (SSSR count). The number of nitrogens with zero attached hydrogens (tertiary/aromatic N) is 3. The molecule has 1 aliphatic heterocycles. The molecule has 1 N–H and O–H groups in total. The van der Waals surface area contributed by atoms with E-state index in [1.165, 1.54) is 0 Å². The standard InChI is InChI=1S/C6H11N3O2/c1-6(2,8-9-7)5-4(3-10)11-5/h4-5,10H,3H2,1-2H3/t4-,5+/m0/s1. The van der Waals surface area contributed by atoms with E-state index < -0.39 is 5.54 Å². The first-order valence-electron chi connectivity index (χ1n) is 3.44. The Balaban J connectivity index is 2.54. The van der Waals surface area contributed by atoms with Crippen molar-refractivity contribution in [1.82, 2.24) is 0 Å². The van der Waals surface area contributed by atoms with Gasteiger partial charge < -0.3 is 9.84 Å². The molecule has 0 saturated carbocycles. The molecule has 0 unspecified atom stereocenters. The second-order valence-electron chi connectivity index (χ2n) is 3.12. The second kappa shape index (κ2) is 2.70. The predicted octanol–water partition coefficient (Wildman–Crippen LogP) is 0.835. The fourth-order valence-corrected chi connectivity index (χ4v) is 1.08. The van der Waals surface area contributed by atoms with Crippen molar-refractivity contribution in [1.29, 1.82) is 0 Å². The van der Waals surface area contributed by atoms with E-state index in [9.17, 15) is 0 Å². The van der Waals surface area contributed by atoms with Crippen LogP contribution in [0.4, 0.5) is 0 Å². The van der Waals surface area contributed by atoms with Crippen LogP contribution < -0.4 is 0 Å². The molecule has 0 aliphatic carbocycles. The van der Waals surface area contributed by atoms with Gasteiger partial charge in [-0.2, -0.15) is 0 Å². The normalized spacial score (nSPS) is 29.4. The highest BCUT2D eigenvalue weighted by Crippen LogP contribution is 2.34. The fourth-order valence-electron chi connectivity index (χ4n) is 1.08. The highest BCUT2D eigenvalue weighted by atomic mass is 16.6. The third-order valence-electron chi connectivity index (χ3n) is 1.76. The van der Waals surface area contributed by atoms with E-state index in [4.69, 9.17) is 15.4 Å². The van der Waals surface area contributed by atoms with Crippen LogP contribution in [0.2, 0.25) is 0 Å². The van der Waals surface area contributed by atoms with Crippen LogP contribution in [0.25, 0.3) is 10.4 Å². The maximum absolute atomic E-state index is 8.65. The Morgan fingerprint density at radius 3 is 2.73 bits per heavy atom. The molecule has 5 heteroatoms. The molecule has 62 valence electrons. The Hall–Kier alpha value is -0.770. The quantitative estimate of drug-likeness (QED) is 0.285. The van der Waals surface area contributed by atoms with Crippen LogP contribution in [-0.4, -0.2) is 29.5 Å². The van der Waals surface area contributed by atoms with E-state index in [1.807, 2.05) is 0 Å². The zero-order valence-corrected chi connectivity index (χ0v) is 6.56. The molecule has 0 radical (unpaired) electrons. The Bertz CT molecular complexity index is 198. The van der Waals surface area contributed by atoms with Crippen molar-refractivity contribution in [2.45, 2.75) is 31.6 Å². The minimum atomic E-state index is -0.540. The molecule has 0 aromatic rings. The van der Waals surface area contributed by atoms with Crippen LogP contribution in [0.5, 0.6) is 0 Å². The molecule has 0 aromatic heterocycles. The van der Waals surface area contributed by atoms with Crippen molar-refractivity contribution in [2.24, 2.45) is 5.11 Å². The lowest BCUT2D eigenvalue weighted by molar-refractivity contribution is 0.238. The summed E-state index contributed by atoms with van der Waals surface area (Å²) in [4.78, 5) is 2.70. The number of aliphatic hydroxyl groups is 1. The van der Waals surface area contributed by atoms with Crippen LogP contribution >= 0.6 is 0 Å². The maximum atomic E-state index is 8.65. The van der Waals surface area contributed by atoms with Crippen molar-refractivity contribution >= 4 is 0 Å². The number of azide groups is 1. The number of aliphatic hydroxyl groups excluding tert-OH is 1. The van der Waals surface area contributed by atoms with Crippen molar-refractivity contribution in [3.8, 4) is 0 Å². The lowest BCUT2D eigenvalue weighted by atomic mass is 10.00. The average Bonchev–Trinajstić information content (AvgIpc) is 2.65. The number of ether oxygens (including phenoxy) is 1. The summed E-state index contributed by atoms with van der Waals surface area (Å²) in [6.45, 7) is 3.56. The lowest BCUT2D eigenvalue weighted by Crippen LogP contribution is -2.26. The monoisotopic (exact) mass is 157 g/mol. The van der Waals surface area contributed by atoms with Gasteiger partial charge in [0.05, 0.1) is 18.2 Å². The topological polar surface area (TPSA) is 81.5 Å². The molecule has 0 amide bonds. The van der Waals surface area contributed by atoms with Gasteiger partial charge in [-0.25, -0.2) is 0 Å². The summed E-state index contributed by atoms with van der Waals surface area (Å²) in [7, 11) is 0. The van der Waals surface area contributed by atoms with Gasteiger partial charge in [-0.3, -0.25) is 0 Å². The van der Waals surface area contributed by atoms with Crippen molar-refractivity contribution in [3.05, 3.63) is 10.4 Å². The molecule has 1 fully saturated rings. The van der Waals surface area contributed by atoms with Crippen LogP contribution in [0.1, 0.15) is 13.8 Å². The van der Waals surface area contributed by atoms with E-state index in [0.717, 1.165) is 0 Å². The fraction of sp³-hybridized carbons (Fsp3) is 1.00. The number of hydrogen-bond donors (Lipinski definition) is 1. The van der Waals surface area contributed by atoms with E-state index in [1.54, 1.807) is 13.8 Å². The zero-order valence-electron chi connectivity index (χ0n) is 6.56. The molecule has 1 aliphatic rings. The molecule has 5 nitrogen and oxygen atoms in total. The Labute approximate surface area is 64.6 Å². The van der Waals surface area contributed by atoms with Gasteiger partial charge in [0.25, 0.3) is 0 Å². The summed E-state index contributed by atoms with van der Waals surface area (Å²) >= 11 is 0. The molecule has 0 spiro atoms. The molecule has 0 aromatic carbocycles. The van der Waals surface area contributed by atoms with Crippen molar-refractivity contribution in [3.63, 3.8) is 0 Å². The molecule has 0 bridgehead atoms. The average molecular weight is 157 g/mol. The highest BCUT2D eigenvalue weighted by Gasteiger charge is 2.48. The number of rotatable bonds is 3. The van der Waals surface area contributed by atoms with Gasteiger partial charge in [0.15, 0.2) is 0 Å². The summed E-state index contributed by atoms with van der Waals surface area (Å²) in [5, 5.41) is 12.2. The molecular weight excluding hydrogens is 146 g/mol. The smallest absolute Gasteiger partial charge is 0.108 e. The van der Waals surface area contributed by atoms with Gasteiger partial charge in [0, 0.05) is 4.91 Å². The molecular formula is C6H11N3O2. The van der Waals surface area contributed by atoms with E-state index >= 15 is 0 Å². The maximum Gasteiger partial charge on any atom is 0.108 e. The zero-order chi connectivity index (χ0) is 8.48. The Morgan fingerprint density at radius 1 is 1.73 bits per heavy atom. The molecule has 1 heterocycles. The van der Waals surface area contributed by atoms with Crippen molar-refractivity contribution in [2.75, 3.05) is 6.61 Å². The summed E-state index contributed by atoms with van der Waals surface area (Å²) in [6.07, 6.45) is -0.265. The van der Waals surface area contributed by atoms with Gasteiger partial charge in [-0.1, -0.05) is 19.0 Å². The Morgan fingerprint density at radius 2 is 2.36 bits per heavy atom. The summed E-state index contributed by atoms with van der Waals surface area (Å²) in [5.41, 5.74) is 7.64. The van der Waals surface area contributed by atoms with Gasteiger partial charge in [0.2, 0.25) is 0 Å². The Kier molecular flexibility index (Phi) is 2.04. The van der Waals surface area contributed by atoms with Gasteiger partial charge in [-0.15, -0.1) is 0 Å². The van der Waals surface area contributed by atoms with Crippen LogP contribution in [-0.2, 0) is 4.74 Å². The molecule has 1 saturated heterocycles. The third kappa shape index (κ3) is 1.63. The summed E-state index contributed by atoms with van der Waals surface area (Å²) in [6, 6.07) is 0. The predicted molar refractivity (Wildman–Crippen MR) is 39.0 cm³/mol. The minimum absolute atomic E-state index is 0.00492. The van der Waals surface area contributed by atoms with E-state index in [2.05, 4.69) is 10.0 Å². The largest absolute Gasteiger partial charge is 0.394 e. The van der Waals surface area contributed by atoms with Gasteiger partial charge in [-0.05, 0) is 5.53 Å². The van der Waals surface area contributed by atoms with Crippen LogP contribution in [0.3, 0.4) is 0 Å².